The summed E-state index contributed by atoms with van der Waals surface area (Å²) in [6.07, 6.45) is 0. The molecule has 3 heteroatoms. The van der Waals surface area contributed by atoms with Crippen molar-refractivity contribution in [1.82, 2.24) is 5.32 Å². The van der Waals surface area contributed by atoms with Gasteiger partial charge in [-0.15, -0.1) is 0 Å². The molecule has 0 saturated heterocycles. The van der Waals surface area contributed by atoms with Gasteiger partial charge in [0.25, 0.3) is 0 Å². The maximum absolute atomic E-state index is 5.47. The standard InChI is InChI=1S/C9H10BrNO/c1-11-8-5-12-9-3-2-6(10)4-7(8)9/h2-4,8,11H,5H2,1H3/t8-/m1/s1. The first-order valence-electron chi connectivity index (χ1n) is 3.91. The minimum Gasteiger partial charge on any atom is -0.491 e. The Hall–Kier alpha value is -0.540. The first kappa shape index (κ1) is 8.08. The summed E-state index contributed by atoms with van der Waals surface area (Å²) < 4.78 is 6.58. The zero-order valence-electron chi connectivity index (χ0n) is 6.80. The van der Waals surface area contributed by atoms with E-state index in [9.17, 15) is 0 Å². The van der Waals surface area contributed by atoms with Gasteiger partial charge in [0.2, 0.25) is 0 Å². The Balaban J connectivity index is 2.42. The summed E-state index contributed by atoms with van der Waals surface area (Å²) in [5.41, 5.74) is 1.24. The lowest BCUT2D eigenvalue weighted by atomic mass is 10.1. The molecule has 0 spiro atoms. The number of fused-ring (bicyclic) bond motifs is 1. The number of hydrogen-bond acceptors (Lipinski definition) is 2. The van der Waals surface area contributed by atoms with Crippen LogP contribution in [0, 0.1) is 0 Å². The van der Waals surface area contributed by atoms with Crippen molar-refractivity contribution in [3.05, 3.63) is 28.2 Å². The third kappa shape index (κ3) is 1.23. The van der Waals surface area contributed by atoms with Crippen molar-refractivity contribution in [1.29, 1.82) is 0 Å². The predicted molar refractivity (Wildman–Crippen MR) is 51.4 cm³/mol. The first-order valence-corrected chi connectivity index (χ1v) is 4.70. The summed E-state index contributed by atoms with van der Waals surface area (Å²) in [6, 6.07) is 6.44. The molecule has 0 aliphatic carbocycles. The van der Waals surface area contributed by atoms with E-state index in [2.05, 4.69) is 27.3 Å². The van der Waals surface area contributed by atoms with Gasteiger partial charge in [-0.2, -0.15) is 0 Å². The minimum atomic E-state index is 0.345. The largest absolute Gasteiger partial charge is 0.491 e. The Morgan fingerprint density at radius 2 is 2.42 bits per heavy atom. The van der Waals surface area contributed by atoms with E-state index < -0.39 is 0 Å². The molecule has 12 heavy (non-hydrogen) atoms. The lowest BCUT2D eigenvalue weighted by molar-refractivity contribution is 0.318. The summed E-state index contributed by atoms with van der Waals surface area (Å²) in [6.45, 7) is 0.738. The zero-order valence-corrected chi connectivity index (χ0v) is 8.39. The summed E-state index contributed by atoms with van der Waals surface area (Å²) in [7, 11) is 1.95. The van der Waals surface area contributed by atoms with E-state index in [-0.39, 0.29) is 0 Å². The fourth-order valence-electron chi connectivity index (χ4n) is 1.42. The van der Waals surface area contributed by atoms with Crippen LogP contribution in [0.3, 0.4) is 0 Å². The third-order valence-electron chi connectivity index (χ3n) is 2.10. The highest BCUT2D eigenvalue weighted by Crippen LogP contribution is 2.33. The van der Waals surface area contributed by atoms with Gasteiger partial charge < -0.3 is 10.1 Å². The van der Waals surface area contributed by atoms with Crippen LogP contribution in [0.15, 0.2) is 22.7 Å². The van der Waals surface area contributed by atoms with Gasteiger partial charge in [-0.3, -0.25) is 0 Å². The number of ether oxygens (including phenoxy) is 1. The number of likely N-dealkylation sites (N-methyl/N-ethyl adjacent to an activating group) is 1. The molecule has 0 radical (unpaired) electrons. The molecule has 2 nitrogen and oxygen atoms in total. The van der Waals surface area contributed by atoms with Crippen molar-refractivity contribution in [3.8, 4) is 5.75 Å². The molecule has 0 amide bonds. The Kier molecular flexibility index (Phi) is 2.07. The lowest BCUT2D eigenvalue weighted by Crippen LogP contribution is -2.17. The highest BCUT2D eigenvalue weighted by molar-refractivity contribution is 9.10. The Morgan fingerprint density at radius 1 is 1.58 bits per heavy atom. The predicted octanol–water partition coefficient (Wildman–Crippen LogP) is 2.10. The second-order valence-electron chi connectivity index (χ2n) is 2.83. The maximum Gasteiger partial charge on any atom is 0.124 e. The van der Waals surface area contributed by atoms with Gasteiger partial charge in [-0.05, 0) is 25.2 Å². The molecule has 1 aliphatic heterocycles. The van der Waals surface area contributed by atoms with Crippen molar-refractivity contribution in [3.63, 3.8) is 0 Å². The van der Waals surface area contributed by atoms with E-state index in [1.807, 2.05) is 19.2 Å². The van der Waals surface area contributed by atoms with Crippen molar-refractivity contribution in [2.75, 3.05) is 13.7 Å². The summed E-state index contributed by atoms with van der Waals surface area (Å²) in [5.74, 6) is 0.998. The van der Waals surface area contributed by atoms with Crippen LogP contribution in [-0.2, 0) is 0 Å². The van der Waals surface area contributed by atoms with Crippen LogP contribution in [0.25, 0.3) is 0 Å². The van der Waals surface area contributed by atoms with Crippen molar-refractivity contribution >= 4 is 15.9 Å². The van der Waals surface area contributed by atoms with Crippen LogP contribution < -0.4 is 10.1 Å². The van der Waals surface area contributed by atoms with Crippen LogP contribution in [0.2, 0.25) is 0 Å². The number of nitrogens with one attached hydrogen (secondary N) is 1. The molecular weight excluding hydrogens is 218 g/mol. The average Bonchev–Trinajstić information content (AvgIpc) is 2.46. The lowest BCUT2D eigenvalue weighted by Gasteiger charge is -2.05. The van der Waals surface area contributed by atoms with Crippen LogP contribution in [0.4, 0.5) is 0 Å². The highest BCUT2D eigenvalue weighted by Gasteiger charge is 2.22. The molecule has 1 aliphatic rings. The SMILES string of the molecule is CN[C@@H]1COc2ccc(Br)cc21. The Labute approximate surface area is 80.1 Å². The highest BCUT2D eigenvalue weighted by atomic mass is 79.9. The van der Waals surface area contributed by atoms with Crippen LogP contribution in [-0.4, -0.2) is 13.7 Å². The molecule has 1 aromatic carbocycles. The third-order valence-corrected chi connectivity index (χ3v) is 2.59. The maximum atomic E-state index is 5.47. The summed E-state index contributed by atoms with van der Waals surface area (Å²) in [4.78, 5) is 0. The first-order chi connectivity index (χ1) is 5.81. The van der Waals surface area contributed by atoms with E-state index in [4.69, 9.17) is 4.74 Å². The molecule has 1 N–H and O–H groups in total. The monoisotopic (exact) mass is 227 g/mol. The van der Waals surface area contributed by atoms with Crippen LogP contribution in [0.5, 0.6) is 5.75 Å². The number of rotatable bonds is 1. The molecule has 1 heterocycles. The molecule has 0 saturated carbocycles. The molecular formula is C9H10BrNO. The number of hydrogen-bond donors (Lipinski definition) is 1. The fraction of sp³-hybridized carbons (Fsp3) is 0.333. The zero-order chi connectivity index (χ0) is 8.55. The molecule has 0 aromatic heterocycles. The normalized spacial score (nSPS) is 20.3. The molecule has 1 atom stereocenters. The molecule has 0 bridgehead atoms. The van der Waals surface area contributed by atoms with E-state index in [0.29, 0.717) is 6.04 Å². The van der Waals surface area contributed by atoms with Gasteiger partial charge in [0.05, 0.1) is 6.04 Å². The second-order valence-corrected chi connectivity index (χ2v) is 3.75. The second kappa shape index (κ2) is 3.07. The number of halogens is 1. The summed E-state index contributed by atoms with van der Waals surface area (Å²) in [5, 5.41) is 3.20. The van der Waals surface area contributed by atoms with Crippen molar-refractivity contribution in [2.24, 2.45) is 0 Å². The van der Waals surface area contributed by atoms with Gasteiger partial charge in [-0.25, -0.2) is 0 Å². The quantitative estimate of drug-likeness (QED) is 0.794. The summed E-state index contributed by atoms with van der Waals surface area (Å²) >= 11 is 3.44. The van der Waals surface area contributed by atoms with E-state index in [1.54, 1.807) is 0 Å². The molecule has 0 fully saturated rings. The molecule has 1 aromatic rings. The molecule has 2 rings (SSSR count). The molecule has 0 unspecified atom stereocenters. The number of benzene rings is 1. The van der Waals surface area contributed by atoms with Crippen LogP contribution in [0.1, 0.15) is 11.6 Å². The van der Waals surface area contributed by atoms with E-state index in [0.717, 1.165) is 16.8 Å². The average molecular weight is 228 g/mol. The Bertz CT molecular complexity index is 301. The minimum absolute atomic E-state index is 0.345. The van der Waals surface area contributed by atoms with Gasteiger partial charge in [0.15, 0.2) is 0 Å². The van der Waals surface area contributed by atoms with Gasteiger partial charge in [-0.1, -0.05) is 15.9 Å². The van der Waals surface area contributed by atoms with Gasteiger partial charge >= 0.3 is 0 Å². The van der Waals surface area contributed by atoms with Crippen LogP contribution >= 0.6 is 15.9 Å². The van der Waals surface area contributed by atoms with Crippen molar-refractivity contribution in [2.45, 2.75) is 6.04 Å². The van der Waals surface area contributed by atoms with E-state index >= 15 is 0 Å². The Morgan fingerprint density at radius 3 is 3.17 bits per heavy atom. The van der Waals surface area contributed by atoms with E-state index in [1.165, 1.54) is 5.56 Å². The van der Waals surface area contributed by atoms with Gasteiger partial charge in [0, 0.05) is 10.0 Å². The topological polar surface area (TPSA) is 21.3 Å². The van der Waals surface area contributed by atoms with Gasteiger partial charge in [0.1, 0.15) is 12.4 Å². The smallest absolute Gasteiger partial charge is 0.124 e. The fourth-order valence-corrected chi connectivity index (χ4v) is 1.80. The van der Waals surface area contributed by atoms with Crippen molar-refractivity contribution < 1.29 is 4.74 Å². The molecule has 64 valence electrons.